The lowest BCUT2D eigenvalue weighted by Crippen LogP contribution is -1.85. The molecule has 0 N–H and O–H groups in total. The van der Waals surface area contributed by atoms with Gasteiger partial charge in [-0.1, -0.05) is 21.9 Å². The van der Waals surface area contributed by atoms with Gasteiger partial charge in [-0.15, -0.1) is 15.8 Å². The number of rotatable bonds is 0. The molecule has 0 aromatic heterocycles. The predicted molar refractivity (Wildman–Crippen MR) is 40.2 cm³/mol. The molecular formula is C3H2BBr2N. The molecule has 0 atom stereocenters. The van der Waals surface area contributed by atoms with Crippen molar-refractivity contribution in [3.8, 4) is 0 Å². The van der Waals surface area contributed by atoms with Gasteiger partial charge in [0, 0.05) is 10.7 Å². The maximum Gasteiger partial charge on any atom is 0.379 e. The zero-order valence-electron chi connectivity index (χ0n) is 3.44. The third-order valence-electron chi connectivity index (χ3n) is 0.637. The summed E-state index contributed by atoms with van der Waals surface area (Å²) < 4.78 is 1.05. The average Bonchev–Trinajstić information content (AvgIpc) is 1.87. The van der Waals surface area contributed by atoms with E-state index in [-0.39, 0.29) is 5.67 Å². The molecule has 1 nitrogen and oxygen atoms in total. The van der Waals surface area contributed by atoms with Crippen LogP contribution in [0, 0.1) is 0 Å². The van der Waals surface area contributed by atoms with Crippen LogP contribution in [-0.2, 0) is 0 Å². The maximum atomic E-state index is 3.97. The molecule has 0 aromatic rings. The van der Waals surface area contributed by atoms with Crippen LogP contribution in [-0.4, -0.2) is 11.9 Å². The van der Waals surface area contributed by atoms with Gasteiger partial charge in [-0.3, -0.25) is 0 Å². The van der Waals surface area contributed by atoms with Gasteiger partial charge in [0.25, 0.3) is 0 Å². The van der Waals surface area contributed by atoms with Crippen LogP contribution in [0.2, 0.25) is 0 Å². The number of hydrogen-bond donors (Lipinski definition) is 0. The summed E-state index contributed by atoms with van der Waals surface area (Å²) in [5, 5.41) is 0. The van der Waals surface area contributed by atoms with Crippen LogP contribution in [0.4, 0.5) is 0 Å². The number of nitrogens with zero attached hydrogens (tertiary/aromatic N) is 1. The van der Waals surface area contributed by atoms with E-state index in [1.54, 1.807) is 6.21 Å². The minimum atomic E-state index is 0.196. The van der Waals surface area contributed by atoms with Gasteiger partial charge in [0.05, 0.1) is 0 Å². The molecule has 1 aliphatic rings. The normalized spacial score (nSPS) is 18.0. The Kier molecular flexibility index (Phi) is 1.70. The molecule has 0 unspecified atom stereocenters. The van der Waals surface area contributed by atoms with Gasteiger partial charge >= 0.3 is 5.67 Å². The first-order valence-corrected chi connectivity index (χ1v) is 3.54. The van der Waals surface area contributed by atoms with Crippen molar-refractivity contribution in [3.63, 3.8) is 0 Å². The fourth-order valence-corrected chi connectivity index (χ4v) is 1.49. The molecule has 0 radical (unpaired) electrons. The van der Waals surface area contributed by atoms with Gasteiger partial charge in [-0.25, -0.2) is 0 Å². The summed E-state index contributed by atoms with van der Waals surface area (Å²) >= 11 is 6.53. The van der Waals surface area contributed by atoms with Gasteiger partial charge < -0.3 is 4.90 Å². The average molecular weight is 223 g/mol. The molecule has 0 bridgehead atoms. The Morgan fingerprint density at radius 2 is 2.43 bits per heavy atom. The van der Waals surface area contributed by atoms with Crippen molar-refractivity contribution in [3.05, 3.63) is 10.5 Å². The Hall–Kier alpha value is 0.435. The Morgan fingerprint density at radius 3 is 2.57 bits per heavy atom. The highest BCUT2D eigenvalue weighted by atomic mass is 79.9. The molecule has 1 heterocycles. The zero-order chi connectivity index (χ0) is 5.28. The van der Waals surface area contributed by atoms with Crippen LogP contribution >= 0.6 is 31.7 Å². The minimum Gasteiger partial charge on any atom is -0.327 e. The quantitative estimate of drug-likeness (QED) is 0.554. The van der Waals surface area contributed by atoms with Crippen molar-refractivity contribution >= 4 is 43.6 Å². The van der Waals surface area contributed by atoms with Crippen molar-refractivity contribution < 1.29 is 0 Å². The molecule has 0 amide bonds. The first kappa shape index (κ1) is 5.57. The largest absolute Gasteiger partial charge is 0.379 e. The third kappa shape index (κ3) is 1.42. The van der Waals surface area contributed by atoms with Gasteiger partial charge in [-0.05, 0) is 0 Å². The van der Waals surface area contributed by atoms with E-state index in [0.29, 0.717) is 0 Å². The van der Waals surface area contributed by atoms with E-state index < -0.39 is 0 Å². The summed E-state index contributed by atoms with van der Waals surface area (Å²) in [6.07, 6.45) is 1.78. The highest BCUT2D eigenvalue weighted by Crippen LogP contribution is 2.12. The monoisotopic (exact) mass is 221 g/mol. The maximum absolute atomic E-state index is 3.97. The van der Waals surface area contributed by atoms with Crippen LogP contribution in [0.25, 0.3) is 0 Å². The molecule has 0 aromatic carbocycles. The van der Waals surface area contributed by atoms with Crippen LogP contribution < -0.4 is 0 Å². The van der Waals surface area contributed by atoms with Crippen LogP contribution in [0.15, 0.2) is 15.4 Å². The van der Waals surface area contributed by atoms with Crippen molar-refractivity contribution in [1.29, 1.82) is 0 Å². The predicted octanol–water partition coefficient (Wildman–Crippen LogP) is 1.77. The van der Waals surface area contributed by atoms with E-state index in [4.69, 9.17) is 0 Å². The van der Waals surface area contributed by atoms with Crippen molar-refractivity contribution in [2.45, 2.75) is 0 Å². The molecule has 36 valence electrons. The molecule has 0 aliphatic carbocycles. The summed E-state index contributed by atoms with van der Waals surface area (Å²) in [4.78, 5) is 3.97. The molecule has 1 aliphatic heterocycles. The Bertz CT molecular complexity index is 131. The molecule has 0 fully saturated rings. The van der Waals surface area contributed by atoms with Gasteiger partial charge in [0.2, 0.25) is 0 Å². The summed E-state index contributed by atoms with van der Waals surface area (Å²) in [5.74, 6) is 1.97. The SMILES string of the molecule is BrB1C=C(Br)C=N1. The Balaban J connectivity index is 2.69. The molecular weight excluding hydrogens is 221 g/mol. The lowest BCUT2D eigenvalue weighted by molar-refractivity contribution is 1.93. The van der Waals surface area contributed by atoms with Crippen molar-refractivity contribution in [2.24, 2.45) is 4.90 Å². The van der Waals surface area contributed by atoms with E-state index in [2.05, 4.69) is 36.6 Å². The second-order valence-electron chi connectivity index (χ2n) is 1.20. The highest BCUT2D eigenvalue weighted by Gasteiger charge is 2.07. The number of hydrogen-bond acceptors (Lipinski definition) is 1. The first-order valence-electron chi connectivity index (χ1n) is 1.83. The minimum absolute atomic E-state index is 0.196. The number of halogens is 2. The van der Waals surface area contributed by atoms with Crippen LogP contribution in [0.1, 0.15) is 0 Å². The smallest absolute Gasteiger partial charge is 0.327 e. The molecule has 0 saturated carbocycles. The summed E-state index contributed by atoms with van der Waals surface area (Å²) in [7, 11) is 0. The van der Waals surface area contributed by atoms with E-state index in [1.165, 1.54) is 0 Å². The second-order valence-corrected chi connectivity index (χ2v) is 3.06. The van der Waals surface area contributed by atoms with Gasteiger partial charge in [0.1, 0.15) is 0 Å². The fourth-order valence-electron chi connectivity index (χ4n) is 0.360. The van der Waals surface area contributed by atoms with E-state index in [1.807, 2.05) is 5.98 Å². The first-order chi connectivity index (χ1) is 3.29. The van der Waals surface area contributed by atoms with Crippen molar-refractivity contribution in [1.82, 2.24) is 0 Å². The Morgan fingerprint density at radius 1 is 1.71 bits per heavy atom. The van der Waals surface area contributed by atoms with Crippen LogP contribution in [0.5, 0.6) is 0 Å². The third-order valence-corrected chi connectivity index (χ3v) is 1.61. The second kappa shape index (κ2) is 2.14. The molecule has 7 heavy (non-hydrogen) atoms. The van der Waals surface area contributed by atoms with Gasteiger partial charge in [0.15, 0.2) is 0 Å². The Labute approximate surface area is 59.1 Å². The van der Waals surface area contributed by atoms with Gasteiger partial charge in [-0.2, -0.15) is 0 Å². The molecule has 1 rings (SSSR count). The van der Waals surface area contributed by atoms with Crippen LogP contribution in [0.3, 0.4) is 0 Å². The van der Waals surface area contributed by atoms with E-state index in [9.17, 15) is 0 Å². The topological polar surface area (TPSA) is 12.4 Å². The highest BCUT2D eigenvalue weighted by molar-refractivity contribution is 9.24. The van der Waals surface area contributed by atoms with Crippen molar-refractivity contribution in [2.75, 3.05) is 0 Å². The van der Waals surface area contributed by atoms with E-state index in [0.717, 1.165) is 4.48 Å². The lowest BCUT2D eigenvalue weighted by atomic mass is 9.99. The summed E-state index contributed by atoms with van der Waals surface area (Å²) in [5.41, 5.74) is 0.196. The molecule has 0 saturated heterocycles. The fraction of sp³-hybridized carbons (Fsp3) is 0. The lowest BCUT2D eigenvalue weighted by Gasteiger charge is -1.74. The zero-order valence-corrected chi connectivity index (χ0v) is 6.61. The molecule has 4 heteroatoms. The molecule has 0 spiro atoms. The van der Waals surface area contributed by atoms with E-state index >= 15 is 0 Å². The standard InChI is InChI=1S/C3H2BBr2N/c5-3-1-4(6)7-2-3/h1-2H. The number of allylic oxidation sites excluding steroid dienone is 1. The summed E-state index contributed by atoms with van der Waals surface area (Å²) in [6, 6.07) is 0. The summed E-state index contributed by atoms with van der Waals surface area (Å²) in [6.45, 7) is 0.